The zero-order chi connectivity index (χ0) is 16.8. The Hall–Kier alpha value is -2.51. The fourth-order valence-corrected chi connectivity index (χ4v) is 1.62. The number of carbonyl (C=O) groups is 2. The van der Waals surface area contributed by atoms with E-state index in [0.717, 1.165) is 0 Å². The molecule has 122 valence electrons. The first kappa shape index (κ1) is 17.5. The Morgan fingerprint density at radius 3 is 2.45 bits per heavy atom. The van der Waals surface area contributed by atoms with Crippen molar-refractivity contribution in [1.82, 2.24) is 16.0 Å². The number of hydrogen-bond acceptors (Lipinski definition) is 4. The topological polar surface area (TPSA) is 122 Å². The van der Waals surface area contributed by atoms with Crippen molar-refractivity contribution in [2.45, 2.75) is 32.9 Å². The quantitative estimate of drug-likeness (QED) is 0.449. The van der Waals surface area contributed by atoms with E-state index in [0.29, 0.717) is 18.3 Å². The van der Waals surface area contributed by atoms with Gasteiger partial charge in [0.1, 0.15) is 5.76 Å². The number of hydrogen-bond donors (Lipinski definition) is 4. The minimum Gasteiger partial charge on any atom is -0.454 e. The van der Waals surface area contributed by atoms with Crippen molar-refractivity contribution in [3.8, 4) is 0 Å². The van der Waals surface area contributed by atoms with Crippen LogP contribution in [0.5, 0.6) is 0 Å². The van der Waals surface area contributed by atoms with Crippen LogP contribution in [-0.2, 0) is 11.3 Å². The summed E-state index contributed by atoms with van der Waals surface area (Å²) in [6.07, 6.45) is 0. The van der Waals surface area contributed by atoms with Crippen LogP contribution in [0.3, 0.4) is 0 Å². The fourth-order valence-electron chi connectivity index (χ4n) is 1.62. The first-order chi connectivity index (χ1) is 10.2. The number of nitrogens with zero attached hydrogens (tertiary/aromatic N) is 1. The third-order valence-electron chi connectivity index (χ3n) is 2.49. The molecule has 5 N–H and O–H groups in total. The summed E-state index contributed by atoms with van der Waals surface area (Å²) in [7, 11) is 1.59. The molecule has 0 unspecified atom stereocenters. The summed E-state index contributed by atoms with van der Waals surface area (Å²) in [5.41, 5.74) is 4.82. The Bertz CT molecular complexity index is 557. The predicted molar refractivity (Wildman–Crippen MR) is 83.3 cm³/mol. The van der Waals surface area contributed by atoms with Gasteiger partial charge >= 0.3 is 0 Å². The van der Waals surface area contributed by atoms with Crippen molar-refractivity contribution in [1.29, 1.82) is 0 Å². The van der Waals surface area contributed by atoms with Gasteiger partial charge in [0.2, 0.25) is 5.91 Å². The van der Waals surface area contributed by atoms with E-state index in [2.05, 4.69) is 20.9 Å². The van der Waals surface area contributed by atoms with E-state index in [1.165, 1.54) is 6.07 Å². The largest absolute Gasteiger partial charge is 0.454 e. The van der Waals surface area contributed by atoms with Gasteiger partial charge in [-0.2, -0.15) is 0 Å². The van der Waals surface area contributed by atoms with Crippen LogP contribution in [0.2, 0.25) is 0 Å². The van der Waals surface area contributed by atoms with Crippen molar-refractivity contribution in [2.24, 2.45) is 10.7 Å². The molecule has 0 aliphatic heterocycles. The fraction of sp³-hybridized carbons (Fsp3) is 0.500. The second kappa shape index (κ2) is 7.48. The highest BCUT2D eigenvalue weighted by Crippen LogP contribution is 2.06. The van der Waals surface area contributed by atoms with Gasteiger partial charge in [-0.05, 0) is 32.9 Å². The van der Waals surface area contributed by atoms with Crippen molar-refractivity contribution in [3.05, 3.63) is 23.7 Å². The Morgan fingerprint density at radius 1 is 1.27 bits per heavy atom. The van der Waals surface area contributed by atoms with Gasteiger partial charge in [0.15, 0.2) is 11.7 Å². The Kier molecular flexibility index (Phi) is 5.97. The zero-order valence-electron chi connectivity index (χ0n) is 13.3. The SMILES string of the molecule is CN=C(NCC(=O)NC(C)(C)C)NCc1ccc(C(N)=O)o1. The molecule has 0 atom stereocenters. The number of amides is 2. The van der Waals surface area contributed by atoms with E-state index in [1.54, 1.807) is 13.1 Å². The molecule has 8 nitrogen and oxygen atoms in total. The molecule has 0 saturated carbocycles. The molecule has 0 fully saturated rings. The van der Waals surface area contributed by atoms with Crippen LogP contribution in [-0.4, -0.2) is 36.9 Å². The van der Waals surface area contributed by atoms with Crippen molar-refractivity contribution in [3.63, 3.8) is 0 Å². The molecule has 0 aliphatic rings. The van der Waals surface area contributed by atoms with Crippen LogP contribution >= 0.6 is 0 Å². The number of furan rings is 1. The van der Waals surface area contributed by atoms with Crippen LogP contribution in [0.25, 0.3) is 0 Å². The van der Waals surface area contributed by atoms with E-state index in [9.17, 15) is 9.59 Å². The van der Waals surface area contributed by atoms with Crippen LogP contribution in [0, 0.1) is 0 Å². The molecule has 1 rings (SSSR count). The number of aliphatic imine (C=N–C) groups is 1. The highest BCUT2D eigenvalue weighted by molar-refractivity contribution is 5.90. The number of nitrogens with two attached hydrogens (primary N) is 1. The summed E-state index contributed by atoms with van der Waals surface area (Å²) in [4.78, 5) is 26.6. The van der Waals surface area contributed by atoms with E-state index in [1.807, 2.05) is 20.8 Å². The molecule has 22 heavy (non-hydrogen) atoms. The molecule has 1 heterocycles. The molecular formula is C14H23N5O3. The molecular weight excluding hydrogens is 286 g/mol. The maximum atomic E-state index is 11.7. The van der Waals surface area contributed by atoms with Gasteiger partial charge in [0.25, 0.3) is 5.91 Å². The molecule has 0 aliphatic carbocycles. The van der Waals surface area contributed by atoms with E-state index in [4.69, 9.17) is 10.2 Å². The first-order valence-corrected chi connectivity index (χ1v) is 6.85. The Balaban J connectivity index is 2.42. The zero-order valence-corrected chi connectivity index (χ0v) is 13.3. The summed E-state index contributed by atoms with van der Waals surface area (Å²) in [5.74, 6) is 0.332. The first-order valence-electron chi connectivity index (χ1n) is 6.85. The second-order valence-corrected chi connectivity index (χ2v) is 5.71. The lowest BCUT2D eigenvalue weighted by Gasteiger charge is -2.21. The number of nitrogens with one attached hydrogen (secondary N) is 3. The normalized spacial score (nSPS) is 11.9. The number of guanidine groups is 1. The highest BCUT2D eigenvalue weighted by atomic mass is 16.3. The minimum atomic E-state index is -0.618. The standard InChI is InChI=1S/C14H23N5O3/c1-14(2,3)19-11(20)8-18-13(16-4)17-7-9-5-6-10(22-9)12(15)21/h5-6H,7-8H2,1-4H3,(H2,15,21)(H,19,20)(H2,16,17,18). The van der Waals surface area contributed by atoms with Gasteiger partial charge < -0.3 is 26.1 Å². The van der Waals surface area contributed by atoms with Crippen molar-refractivity contribution < 1.29 is 14.0 Å². The summed E-state index contributed by atoms with van der Waals surface area (Å²) in [6, 6.07) is 3.15. The van der Waals surface area contributed by atoms with Crippen LogP contribution in [0.4, 0.5) is 0 Å². The van der Waals surface area contributed by atoms with Crippen LogP contribution < -0.4 is 21.7 Å². The molecule has 0 spiro atoms. The van der Waals surface area contributed by atoms with Gasteiger partial charge in [-0.1, -0.05) is 0 Å². The minimum absolute atomic E-state index is 0.0988. The predicted octanol–water partition coefficient (Wildman–Crippen LogP) is -0.0418. The average molecular weight is 309 g/mol. The summed E-state index contributed by atoms with van der Waals surface area (Å²) in [5, 5.41) is 8.69. The molecule has 1 aromatic rings. The van der Waals surface area contributed by atoms with Crippen molar-refractivity contribution >= 4 is 17.8 Å². The van der Waals surface area contributed by atoms with Gasteiger partial charge in [-0.15, -0.1) is 0 Å². The summed E-state index contributed by atoms with van der Waals surface area (Å²) >= 11 is 0. The van der Waals surface area contributed by atoms with E-state index >= 15 is 0 Å². The van der Waals surface area contributed by atoms with Crippen LogP contribution in [0.15, 0.2) is 21.5 Å². The Labute approximate surface area is 129 Å². The molecule has 0 saturated heterocycles. The maximum Gasteiger partial charge on any atom is 0.284 e. The lowest BCUT2D eigenvalue weighted by molar-refractivity contribution is -0.121. The van der Waals surface area contributed by atoms with Crippen molar-refractivity contribution in [2.75, 3.05) is 13.6 Å². The van der Waals surface area contributed by atoms with Gasteiger partial charge in [0, 0.05) is 12.6 Å². The molecule has 0 radical (unpaired) electrons. The monoisotopic (exact) mass is 309 g/mol. The number of primary amides is 1. The van der Waals surface area contributed by atoms with Gasteiger partial charge in [-0.25, -0.2) is 0 Å². The molecule has 1 aromatic heterocycles. The molecule has 0 bridgehead atoms. The van der Waals surface area contributed by atoms with Crippen LogP contribution in [0.1, 0.15) is 37.1 Å². The highest BCUT2D eigenvalue weighted by Gasteiger charge is 2.14. The summed E-state index contributed by atoms with van der Waals surface area (Å²) < 4.78 is 5.23. The lowest BCUT2D eigenvalue weighted by Crippen LogP contribution is -2.48. The molecule has 2 amide bonds. The maximum absolute atomic E-state index is 11.7. The average Bonchev–Trinajstić information content (AvgIpc) is 2.86. The smallest absolute Gasteiger partial charge is 0.284 e. The summed E-state index contributed by atoms with van der Waals surface area (Å²) in [6.45, 7) is 6.14. The van der Waals surface area contributed by atoms with Gasteiger partial charge in [0.05, 0.1) is 13.1 Å². The van der Waals surface area contributed by atoms with E-state index < -0.39 is 5.91 Å². The van der Waals surface area contributed by atoms with E-state index in [-0.39, 0.29) is 23.8 Å². The third kappa shape index (κ3) is 6.29. The van der Waals surface area contributed by atoms with Gasteiger partial charge in [-0.3, -0.25) is 14.6 Å². The number of carbonyl (C=O) groups excluding carboxylic acids is 2. The molecule has 8 heteroatoms. The third-order valence-corrected chi connectivity index (χ3v) is 2.49. The molecule has 0 aromatic carbocycles. The Morgan fingerprint density at radius 2 is 1.95 bits per heavy atom. The number of rotatable bonds is 5. The lowest BCUT2D eigenvalue weighted by atomic mass is 10.1. The second-order valence-electron chi connectivity index (χ2n) is 5.71.